The fourth-order valence-electron chi connectivity index (χ4n) is 5.47. The number of aryl methyl sites for hydroxylation is 1. The molecule has 0 radical (unpaired) electrons. The quantitative estimate of drug-likeness (QED) is 0.571. The lowest BCUT2D eigenvalue weighted by atomic mass is 9.93. The Kier molecular flexibility index (Phi) is 6.66. The van der Waals surface area contributed by atoms with E-state index in [4.69, 9.17) is 0 Å². The van der Waals surface area contributed by atoms with Crippen LogP contribution in [0.1, 0.15) is 44.1 Å². The van der Waals surface area contributed by atoms with Crippen LogP contribution in [0.5, 0.6) is 0 Å². The highest BCUT2D eigenvalue weighted by Gasteiger charge is 2.30. The highest BCUT2D eigenvalue weighted by atomic mass is 19.1. The van der Waals surface area contributed by atoms with Crippen molar-refractivity contribution >= 4 is 22.7 Å². The minimum atomic E-state index is -0.279. The van der Waals surface area contributed by atoms with Crippen molar-refractivity contribution in [3.8, 4) is 11.3 Å². The summed E-state index contributed by atoms with van der Waals surface area (Å²) >= 11 is 0. The van der Waals surface area contributed by atoms with Gasteiger partial charge in [0.25, 0.3) is 0 Å². The molecule has 6 heteroatoms. The van der Waals surface area contributed by atoms with Gasteiger partial charge in [-0.05, 0) is 67.9 Å². The lowest BCUT2D eigenvalue weighted by molar-refractivity contribution is -0.141. The Balaban J connectivity index is 1.25. The number of likely N-dealkylation sites (tertiary alicyclic amines) is 2. The molecule has 3 heterocycles. The zero-order valence-electron chi connectivity index (χ0n) is 19.6. The Labute approximate surface area is 199 Å². The second kappa shape index (κ2) is 10.00. The number of carbonyl (C=O) groups excluding carboxylic acids is 2. The van der Waals surface area contributed by atoms with Crippen molar-refractivity contribution in [3.05, 3.63) is 59.9 Å². The Morgan fingerprint density at radius 3 is 2.38 bits per heavy atom. The van der Waals surface area contributed by atoms with E-state index in [1.807, 2.05) is 40.1 Å². The molecule has 1 N–H and O–H groups in total. The van der Waals surface area contributed by atoms with Crippen LogP contribution in [0.2, 0.25) is 0 Å². The molecule has 5 nitrogen and oxygen atoms in total. The van der Waals surface area contributed by atoms with Crippen molar-refractivity contribution in [2.45, 2.75) is 44.9 Å². The molecule has 3 aromatic rings. The number of hydrogen-bond acceptors (Lipinski definition) is 2. The van der Waals surface area contributed by atoms with Gasteiger partial charge in [0.2, 0.25) is 11.8 Å². The summed E-state index contributed by atoms with van der Waals surface area (Å²) in [6.45, 7) is 3.04. The molecule has 2 amide bonds. The Morgan fingerprint density at radius 2 is 1.65 bits per heavy atom. The van der Waals surface area contributed by atoms with E-state index in [0.717, 1.165) is 66.5 Å². The van der Waals surface area contributed by atoms with Crippen LogP contribution >= 0.6 is 0 Å². The van der Waals surface area contributed by atoms with Crippen LogP contribution < -0.4 is 0 Å². The van der Waals surface area contributed by atoms with Crippen LogP contribution in [0.3, 0.4) is 0 Å². The molecule has 2 saturated heterocycles. The molecule has 0 unspecified atom stereocenters. The van der Waals surface area contributed by atoms with Crippen molar-refractivity contribution in [1.82, 2.24) is 14.8 Å². The molecule has 5 rings (SSSR count). The molecule has 0 aliphatic carbocycles. The summed E-state index contributed by atoms with van der Waals surface area (Å²) in [6.07, 6.45) is 5.82. The van der Waals surface area contributed by atoms with E-state index in [2.05, 4.69) is 4.98 Å². The van der Waals surface area contributed by atoms with Crippen LogP contribution in [0, 0.1) is 11.7 Å². The molecular weight excluding hydrogens is 429 g/mol. The standard InChI is InChI=1S/C28H32FN3O2/c29-22-9-11-25-24(19-22)23(27(30-25)20-7-3-1-4-8-20)10-12-26(33)31-17-13-21(14-18-31)28(34)32-15-5-2-6-16-32/h1,3-4,7-9,11,19,21,30H,2,5-6,10,12-18H2. The first-order chi connectivity index (χ1) is 16.6. The molecule has 0 spiro atoms. The predicted octanol–water partition coefficient (Wildman–Crippen LogP) is 5.16. The zero-order chi connectivity index (χ0) is 23.5. The van der Waals surface area contributed by atoms with Gasteiger partial charge in [0.1, 0.15) is 5.82 Å². The number of hydrogen-bond donors (Lipinski definition) is 1. The first-order valence-corrected chi connectivity index (χ1v) is 12.5. The SMILES string of the molecule is O=C(CCc1c(-c2ccccc2)[nH]c2ccc(F)cc12)N1CCC(C(=O)N2CCCCC2)CC1. The molecule has 2 aliphatic rings. The number of halogens is 1. The van der Waals surface area contributed by atoms with Gasteiger partial charge in [0.15, 0.2) is 0 Å². The smallest absolute Gasteiger partial charge is 0.225 e. The topological polar surface area (TPSA) is 56.4 Å². The zero-order valence-corrected chi connectivity index (χ0v) is 19.6. The monoisotopic (exact) mass is 461 g/mol. The minimum absolute atomic E-state index is 0.0448. The van der Waals surface area contributed by atoms with Gasteiger partial charge in [0.05, 0.1) is 0 Å². The van der Waals surface area contributed by atoms with Crippen molar-refractivity contribution in [3.63, 3.8) is 0 Å². The Hall–Kier alpha value is -3.15. The predicted molar refractivity (Wildman–Crippen MR) is 132 cm³/mol. The van der Waals surface area contributed by atoms with E-state index in [0.29, 0.717) is 25.9 Å². The van der Waals surface area contributed by atoms with Crippen molar-refractivity contribution in [1.29, 1.82) is 0 Å². The highest BCUT2D eigenvalue weighted by molar-refractivity contribution is 5.91. The minimum Gasteiger partial charge on any atom is -0.354 e. The molecule has 1 aromatic heterocycles. The van der Waals surface area contributed by atoms with Crippen LogP contribution in [0.25, 0.3) is 22.2 Å². The Morgan fingerprint density at radius 1 is 0.912 bits per heavy atom. The third-order valence-electron chi connectivity index (χ3n) is 7.38. The second-order valence-electron chi connectivity index (χ2n) is 9.58. The van der Waals surface area contributed by atoms with E-state index in [1.165, 1.54) is 12.5 Å². The van der Waals surface area contributed by atoms with Gasteiger partial charge in [-0.3, -0.25) is 9.59 Å². The number of rotatable bonds is 5. The Bertz CT molecular complexity index is 1160. The van der Waals surface area contributed by atoms with Crippen molar-refractivity contribution in [2.24, 2.45) is 5.92 Å². The average molecular weight is 462 g/mol. The summed E-state index contributed by atoms with van der Waals surface area (Å²) in [6, 6.07) is 14.7. The first-order valence-electron chi connectivity index (χ1n) is 12.5. The fourth-order valence-corrected chi connectivity index (χ4v) is 5.47. The number of carbonyl (C=O) groups is 2. The van der Waals surface area contributed by atoms with Gasteiger partial charge < -0.3 is 14.8 Å². The molecule has 2 fully saturated rings. The van der Waals surface area contributed by atoms with Gasteiger partial charge in [-0.2, -0.15) is 0 Å². The molecular formula is C28H32FN3O2. The highest BCUT2D eigenvalue weighted by Crippen LogP contribution is 2.32. The largest absolute Gasteiger partial charge is 0.354 e. The molecule has 178 valence electrons. The maximum atomic E-state index is 14.0. The van der Waals surface area contributed by atoms with Crippen LogP contribution in [-0.4, -0.2) is 52.8 Å². The number of nitrogens with one attached hydrogen (secondary N) is 1. The number of piperidine rings is 2. The van der Waals surface area contributed by atoms with Gasteiger partial charge in [-0.25, -0.2) is 4.39 Å². The number of fused-ring (bicyclic) bond motifs is 1. The van der Waals surface area contributed by atoms with Gasteiger partial charge >= 0.3 is 0 Å². The lowest BCUT2D eigenvalue weighted by Gasteiger charge is -2.35. The number of aromatic nitrogens is 1. The molecule has 2 aromatic carbocycles. The number of amides is 2. The second-order valence-corrected chi connectivity index (χ2v) is 9.58. The van der Waals surface area contributed by atoms with Crippen molar-refractivity contribution < 1.29 is 14.0 Å². The third kappa shape index (κ3) is 4.72. The molecule has 0 bridgehead atoms. The van der Waals surface area contributed by atoms with Crippen LogP contribution in [-0.2, 0) is 16.0 Å². The molecule has 0 atom stereocenters. The summed E-state index contributed by atoms with van der Waals surface area (Å²) in [4.78, 5) is 33.2. The molecule has 2 aliphatic heterocycles. The van der Waals surface area contributed by atoms with Gasteiger partial charge in [-0.15, -0.1) is 0 Å². The number of H-pyrrole nitrogens is 1. The van der Waals surface area contributed by atoms with Crippen LogP contribution in [0.4, 0.5) is 4.39 Å². The summed E-state index contributed by atoms with van der Waals surface area (Å²) in [5.74, 6) is 0.149. The fraction of sp³-hybridized carbons (Fsp3) is 0.429. The molecule has 0 saturated carbocycles. The van der Waals surface area contributed by atoms with E-state index in [1.54, 1.807) is 12.1 Å². The average Bonchev–Trinajstić information content (AvgIpc) is 3.25. The summed E-state index contributed by atoms with van der Waals surface area (Å²) < 4.78 is 14.0. The summed E-state index contributed by atoms with van der Waals surface area (Å²) in [7, 11) is 0. The van der Waals surface area contributed by atoms with Gasteiger partial charge in [-0.1, -0.05) is 30.3 Å². The van der Waals surface area contributed by atoms with Crippen molar-refractivity contribution in [2.75, 3.05) is 26.2 Å². The van der Waals surface area contributed by atoms with E-state index in [-0.39, 0.29) is 23.5 Å². The van der Waals surface area contributed by atoms with Crippen LogP contribution in [0.15, 0.2) is 48.5 Å². The molecule has 34 heavy (non-hydrogen) atoms. The first kappa shape index (κ1) is 22.6. The normalized spacial score (nSPS) is 17.3. The lowest BCUT2D eigenvalue weighted by Crippen LogP contribution is -2.45. The van der Waals surface area contributed by atoms with E-state index < -0.39 is 0 Å². The van der Waals surface area contributed by atoms with E-state index in [9.17, 15) is 14.0 Å². The summed E-state index contributed by atoms with van der Waals surface area (Å²) in [5.41, 5.74) is 3.82. The summed E-state index contributed by atoms with van der Waals surface area (Å²) in [5, 5.41) is 0.831. The maximum absolute atomic E-state index is 14.0. The van der Waals surface area contributed by atoms with E-state index >= 15 is 0 Å². The number of nitrogens with zero attached hydrogens (tertiary/aromatic N) is 2. The number of aromatic amines is 1. The van der Waals surface area contributed by atoms with Gasteiger partial charge in [0, 0.05) is 55.1 Å². The number of benzene rings is 2. The third-order valence-corrected chi connectivity index (χ3v) is 7.38. The maximum Gasteiger partial charge on any atom is 0.225 e.